The summed E-state index contributed by atoms with van der Waals surface area (Å²) in [6.45, 7) is 0. The first-order valence-corrected chi connectivity index (χ1v) is 8.70. The first kappa shape index (κ1) is 11.9. The van der Waals surface area contributed by atoms with Crippen molar-refractivity contribution in [3.8, 4) is 22.3 Å². The molecule has 0 spiro atoms. The minimum Gasteiger partial charge on any atom is -0.135 e. The second kappa shape index (κ2) is 4.01. The van der Waals surface area contributed by atoms with Gasteiger partial charge in [-0.2, -0.15) is 0 Å². The quantitative estimate of drug-likeness (QED) is 0.288. The van der Waals surface area contributed by atoms with Crippen molar-refractivity contribution < 1.29 is 0 Å². The van der Waals surface area contributed by atoms with Crippen LogP contribution in [0.1, 0.15) is 0 Å². The fourth-order valence-corrected chi connectivity index (χ4v) is 5.26. The van der Waals surface area contributed by atoms with Gasteiger partial charge in [-0.1, -0.05) is 60.7 Å². The van der Waals surface area contributed by atoms with E-state index in [-0.39, 0.29) is 0 Å². The van der Waals surface area contributed by atoms with Gasteiger partial charge >= 0.3 is 0 Å². The molecule has 1 aromatic heterocycles. The Labute approximate surface area is 137 Å². The topological polar surface area (TPSA) is 0 Å². The van der Waals surface area contributed by atoms with Crippen molar-refractivity contribution in [2.24, 2.45) is 0 Å². The third-order valence-corrected chi connectivity index (χ3v) is 6.23. The fourth-order valence-electron chi connectivity index (χ4n) is 4.05. The molecular weight excluding hydrogens is 296 g/mol. The van der Waals surface area contributed by atoms with Gasteiger partial charge in [0.25, 0.3) is 0 Å². The van der Waals surface area contributed by atoms with E-state index in [9.17, 15) is 0 Å². The van der Waals surface area contributed by atoms with Crippen molar-refractivity contribution in [1.29, 1.82) is 0 Å². The minimum absolute atomic E-state index is 1.37. The van der Waals surface area contributed by atoms with Crippen molar-refractivity contribution in [1.82, 2.24) is 0 Å². The second-order valence-electron chi connectivity index (χ2n) is 6.17. The summed E-state index contributed by atoms with van der Waals surface area (Å²) in [6.07, 6.45) is 0. The molecule has 0 radical (unpaired) electrons. The van der Waals surface area contributed by atoms with E-state index in [1.807, 2.05) is 11.3 Å². The molecule has 1 aliphatic carbocycles. The van der Waals surface area contributed by atoms with Crippen LogP contribution in [0.2, 0.25) is 0 Å². The Kier molecular flexibility index (Phi) is 2.07. The van der Waals surface area contributed by atoms with E-state index in [4.69, 9.17) is 0 Å². The third kappa shape index (κ3) is 1.37. The zero-order chi connectivity index (χ0) is 15.0. The summed E-state index contributed by atoms with van der Waals surface area (Å²) < 4.78 is 2.79. The van der Waals surface area contributed by atoms with E-state index in [1.54, 1.807) is 0 Å². The lowest BCUT2D eigenvalue weighted by Crippen LogP contribution is -1.77. The molecule has 0 atom stereocenters. The molecule has 0 nitrogen and oxygen atoms in total. The van der Waals surface area contributed by atoms with Crippen LogP contribution in [0.3, 0.4) is 0 Å². The van der Waals surface area contributed by atoms with E-state index >= 15 is 0 Å². The lowest BCUT2D eigenvalue weighted by Gasteiger charge is -2.04. The summed E-state index contributed by atoms with van der Waals surface area (Å²) in [6, 6.07) is 26.7. The molecule has 0 saturated heterocycles. The Morgan fingerprint density at radius 3 is 2.13 bits per heavy atom. The van der Waals surface area contributed by atoms with Gasteiger partial charge in [0.1, 0.15) is 0 Å². The number of hydrogen-bond donors (Lipinski definition) is 0. The van der Waals surface area contributed by atoms with Crippen LogP contribution >= 0.6 is 11.3 Å². The standard InChI is InChI=1S/C22H12S/c1-2-7-14-13(6-1)16-9-5-10-17-21(16)18(14)12-19-15-8-3-4-11-20(15)23-22(17)19/h1-12H. The molecule has 0 saturated carbocycles. The van der Waals surface area contributed by atoms with E-state index in [2.05, 4.69) is 72.8 Å². The molecule has 1 heteroatoms. The first-order chi connectivity index (χ1) is 11.4. The molecule has 106 valence electrons. The van der Waals surface area contributed by atoms with Crippen LogP contribution in [-0.4, -0.2) is 0 Å². The lowest BCUT2D eigenvalue weighted by atomic mass is 10.00. The summed E-state index contributed by atoms with van der Waals surface area (Å²) in [5.41, 5.74) is 5.51. The highest BCUT2D eigenvalue weighted by atomic mass is 32.1. The number of rotatable bonds is 0. The van der Waals surface area contributed by atoms with Crippen molar-refractivity contribution in [3.05, 3.63) is 72.8 Å². The molecule has 6 rings (SSSR count). The smallest absolute Gasteiger partial charge is 0.0434 e. The van der Waals surface area contributed by atoms with Crippen LogP contribution in [-0.2, 0) is 0 Å². The van der Waals surface area contributed by atoms with Gasteiger partial charge in [0.15, 0.2) is 0 Å². The van der Waals surface area contributed by atoms with Crippen molar-refractivity contribution in [2.45, 2.75) is 0 Å². The first-order valence-electron chi connectivity index (χ1n) is 7.88. The number of fused-ring (bicyclic) bond motifs is 7. The maximum absolute atomic E-state index is 2.41. The maximum Gasteiger partial charge on any atom is 0.0434 e. The molecule has 5 aromatic rings. The van der Waals surface area contributed by atoms with Crippen LogP contribution in [0.4, 0.5) is 0 Å². The monoisotopic (exact) mass is 308 g/mol. The summed E-state index contributed by atoms with van der Waals surface area (Å²) in [7, 11) is 0. The van der Waals surface area contributed by atoms with Crippen LogP contribution in [0.15, 0.2) is 72.8 Å². The molecule has 0 unspecified atom stereocenters. The Balaban J connectivity index is 1.94. The van der Waals surface area contributed by atoms with E-state index in [0.29, 0.717) is 0 Å². The number of benzene rings is 4. The highest BCUT2D eigenvalue weighted by Crippen LogP contribution is 2.51. The zero-order valence-corrected chi connectivity index (χ0v) is 13.2. The average Bonchev–Trinajstić information content (AvgIpc) is 3.14. The average molecular weight is 308 g/mol. The molecule has 1 heterocycles. The molecule has 0 fully saturated rings. The van der Waals surface area contributed by atoms with E-state index in [0.717, 1.165) is 0 Å². The van der Waals surface area contributed by atoms with Crippen LogP contribution in [0, 0.1) is 0 Å². The molecule has 4 aromatic carbocycles. The van der Waals surface area contributed by atoms with Gasteiger partial charge in [-0.05, 0) is 39.8 Å². The zero-order valence-electron chi connectivity index (χ0n) is 12.3. The van der Waals surface area contributed by atoms with Gasteiger partial charge in [0, 0.05) is 25.6 Å². The molecule has 0 N–H and O–H groups in total. The predicted molar refractivity (Wildman–Crippen MR) is 101 cm³/mol. The lowest BCUT2D eigenvalue weighted by molar-refractivity contribution is 1.70. The molecule has 23 heavy (non-hydrogen) atoms. The fraction of sp³-hybridized carbons (Fsp3) is 0. The van der Waals surface area contributed by atoms with E-state index in [1.165, 1.54) is 53.2 Å². The Bertz CT molecular complexity index is 1260. The Morgan fingerprint density at radius 1 is 0.522 bits per heavy atom. The summed E-state index contributed by atoms with van der Waals surface area (Å²) in [4.78, 5) is 0. The minimum atomic E-state index is 1.37. The Hall–Kier alpha value is -2.64. The molecule has 0 aliphatic heterocycles. The van der Waals surface area contributed by atoms with Gasteiger partial charge in [-0.25, -0.2) is 0 Å². The van der Waals surface area contributed by atoms with Crippen molar-refractivity contribution in [2.75, 3.05) is 0 Å². The summed E-state index contributed by atoms with van der Waals surface area (Å²) in [5.74, 6) is 0. The highest BCUT2D eigenvalue weighted by molar-refractivity contribution is 7.26. The highest BCUT2D eigenvalue weighted by Gasteiger charge is 2.23. The van der Waals surface area contributed by atoms with Crippen LogP contribution < -0.4 is 0 Å². The SMILES string of the molecule is c1ccc2c(c1)-c1cccc3c1c-2cc1c2ccccc2sc31. The normalized spacial score (nSPS) is 12.3. The van der Waals surface area contributed by atoms with Crippen LogP contribution in [0.25, 0.3) is 53.2 Å². The van der Waals surface area contributed by atoms with Crippen LogP contribution in [0.5, 0.6) is 0 Å². The van der Waals surface area contributed by atoms with Gasteiger partial charge in [0.05, 0.1) is 0 Å². The van der Waals surface area contributed by atoms with Crippen molar-refractivity contribution >= 4 is 42.3 Å². The van der Waals surface area contributed by atoms with Gasteiger partial charge in [-0.15, -0.1) is 11.3 Å². The third-order valence-electron chi connectivity index (χ3n) is 5.01. The largest absolute Gasteiger partial charge is 0.135 e. The molecular formula is C22H12S. The van der Waals surface area contributed by atoms with Gasteiger partial charge in [0.2, 0.25) is 0 Å². The molecule has 0 bridgehead atoms. The predicted octanol–water partition coefficient (Wildman–Crippen LogP) is 6.86. The number of thiophene rings is 1. The number of hydrogen-bond acceptors (Lipinski definition) is 1. The van der Waals surface area contributed by atoms with Gasteiger partial charge in [-0.3, -0.25) is 0 Å². The summed E-state index contributed by atoms with van der Waals surface area (Å²) in [5, 5.41) is 5.59. The molecule has 0 amide bonds. The second-order valence-corrected chi connectivity index (χ2v) is 7.22. The Morgan fingerprint density at radius 2 is 1.22 bits per heavy atom. The van der Waals surface area contributed by atoms with Crippen molar-refractivity contribution in [3.63, 3.8) is 0 Å². The van der Waals surface area contributed by atoms with E-state index < -0.39 is 0 Å². The summed E-state index contributed by atoms with van der Waals surface area (Å²) >= 11 is 1.92. The maximum atomic E-state index is 2.41. The van der Waals surface area contributed by atoms with Gasteiger partial charge < -0.3 is 0 Å². The molecule has 1 aliphatic rings.